The molecule has 0 aliphatic heterocycles. The summed E-state index contributed by atoms with van der Waals surface area (Å²) in [5, 5.41) is 3.49. The third kappa shape index (κ3) is 7.36. The largest absolute Gasteiger partial charge is 0.464 e. The van der Waals surface area contributed by atoms with E-state index < -0.39 is 6.04 Å². The lowest BCUT2D eigenvalue weighted by Crippen LogP contribution is -2.39. The summed E-state index contributed by atoms with van der Waals surface area (Å²) in [5.74, 6) is -0.483. The number of carbonyl (C=O) groups is 2. The fourth-order valence-corrected chi connectivity index (χ4v) is 1.42. The van der Waals surface area contributed by atoms with Crippen molar-refractivity contribution in [1.82, 2.24) is 5.32 Å². The van der Waals surface area contributed by atoms with Gasteiger partial charge in [-0.15, -0.1) is 0 Å². The van der Waals surface area contributed by atoms with Crippen LogP contribution in [0.2, 0.25) is 0 Å². The average Bonchev–Trinajstić information content (AvgIpc) is 2.18. The van der Waals surface area contributed by atoms with Gasteiger partial charge < -0.3 is 10.1 Å². The first-order valence-corrected chi connectivity index (χ1v) is 6.26. The van der Waals surface area contributed by atoms with Crippen LogP contribution in [0.4, 0.5) is 0 Å². The first kappa shape index (κ1) is 14.4. The molecular formula is C10H18BrNO3. The molecule has 0 aliphatic carbocycles. The molecule has 88 valence electrons. The summed E-state index contributed by atoms with van der Waals surface area (Å²) >= 11 is 3.29. The van der Waals surface area contributed by atoms with Crippen molar-refractivity contribution in [2.45, 2.75) is 39.2 Å². The Hall–Kier alpha value is -0.580. The van der Waals surface area contributed by atoms with Crippen LogP contribution in [0.5, 0.6) is 0 Å². The third-order valence-corrected chi connectivity index (χ3v) is 2.37. The zero-order valence-electron chi connectivity index (χ0n) is 9.22. The molecule has 1 unspecified atom stereocenters. The number of alkyl halides is 1. The van der Waals surface area contributed by atoms with E-state index in [9.17, 15) is 9.59 Å². The van der Waals surface area contributed by atoms with E-state index >= 15 is 0 Å². The highest BCUT2D eigenvalue weighted by molar-refractivity contribution is 9.09. The van der Waals surface area contributed by atoms with Crippen LogP contribution in [0.25, 0.3) is 0 Å². The Labute approximate surface area is 98.9 Å². The maximum atomic E-state index is 11.3. The average molecular weight is 280 g/mol. The van der Waals surface area contributed by atoms with Crippen molar-refractivity contribution in [2.24, 2.45) is 0 Å². The van der Waals surface area contributed by atoms with Gasteiger partial charge in [0, 0.05) is 11.8 Å². The molecule has 4 nitrogen and oxygen atoms in total. The molecular weight excluding hydrogens is 262 g/mol. The second-order valence-corrected chi connectivity index (χ2v) is 3.98. The highest BCUT2D eigenvalue weighted by Gasteiger charge is 2.15. The Morgan fingerprint density at radius 2 is 2.07 bits per heavy atom. The van der Waals surface area contributed by atoms with E-state index in [0.29, 0.717) is 13.0 Å². The molecule has 5 heteroatoms. The van der Waals surface area contributed by atoms with Crippen LogP contribution in [0, 0.1) is 0 Å². The van der Waals surface area contributed by atoms with Crippen LogP contribution < -0.4 is 5.32 Å². The predicted octanol–water partition coefficient (Wildman–Crippen LogP) is 1.62. The second-order valence-electron chi connectivity index (χ2n) is 3.19. The maximum Gasteiger partial charge on any atom is 0.328 e. The van der Waals surface area contributed by atoms with Gasteiger partial charge in [-0.05, 0) is 26.7 Å². The summed E-state index contributed by atoms with van der Waals surface area (Å²) in [5.41, 5.74) is 0. The van der Waals surface area contributed by atoms with Crippen LogP contribution in [-0.4, -0.2) is 29.9 Å². The molecule has 0 aromatic carbocycles. The third-order valence-electron chi connectivity index (χ3n) is 1.81. The van der Waals surface area contributed by atoms with Crippen molar-refractivity contribution in [3.63, 3.8) is 0 Å². The van der Waals surface area contributed by atoms with E-state index in [-0.39, 0.29) is 11.9 Å². The molecule has 15 heavy (non-hydrogen) atoms. The standard InChI is InChI=1S/C10H18BrNO3/c1-3-15-10(14)8(2)12-9(13)6-4-5-7-11/h8H,3-7H2,1-2H3,(H,12,13). The first-order chi connectivity index (χ1) is 7.11. The van der Waals surface area contributed by atoms with E-state index in [1.165, 1.54) is 0 Å². The number of unbranched alkanes of at least 4 members (excludes halogenated alkanes) is 1. The van der Waals surface area contributed by atoms with Gasteiger partial charge in [0.25, 0.3) is 0 Å². The molecule has 0 saturated carbocycles. The molecule has 1 amide bonds. The number of halogens is 1. The molecule has 0 radical (unpaired) electrons. The molecule has 0 aliphatic rings. The topological polar surface area (TPSA) is 55.4 Å². The van der Waals surface area contributed by atoms with Gasteiger partial charge in [0.15, 0.2) is 0 Å². The molecule has 0 aromatic rings. The summed E-state index contributed by atoms with van der Waals surface area (Å²) in [6.45, 7) is 3.70. The van der Waals surface area contributed by atoms with E-state index in [4.69, 9.17) is 4.74 Å². The molecule has 0 bridgehead atoms. The number of ether oxygens (including phenoxy) is 1. The molecule has 0 heterocycles. The summed E-state index contributed by atoms with van der Waals surface area (Å²) in [4.78, 5) is 22.5. The number of hydrogen-bond donors (Lipinski definition) is 1. The van der Waals surface area contributed by atoms with E-state index in [0.717, 1.165) is 18.2 Å². The first-order valence-electron chi connectivity index (χ1n) is 5.13. The lowest BCUT2D eigenvalue weighted by atomic mass is 10.2. The minimum atomic E-state index is -0.554. The van der Waals surface area contributed by atoms with Crippen molar-refractivity contribution in [3.8, 4) is 0 Å². The van der Waals surface area contributed by atoms with Gasteiger partial charge in [0.1, 0.15) is 6.04 Å². The van der Waals surface area contributed by atoms with Gasteiger partial charge in [-0.25, -0.2) is 4.79 Å². The van der Waals surface area contributed by atoms with Crippen LogP contribution >= 0.6 is 15.9 Å². The van der Waals surface area contributed by atoms with Gasteiger partial charge >= 0.3 is 5.97 Å². The lowest BCUT2D eigenvalue weighted by Gasteiger charge is -2.12. The minimum absolute atomic E-state index is 0.100. The Bertz CT molecular complexity index is 209. The van der Waals surface area contributed by atoms with Gasteiger partial charge in [0.05, 0.1) is 6.61 Å². The van der Waals surface area contributed by atoms with Crippen LogP contribution in [0.1, 0.15) is 33.1 Å². The maximum absolute atomic E-state index is 11.3. The fourth-order valence-electron chi connectivity index (χ4n) is 1.02. The molecule has 0 fully saturated rings. The Kier molecular flexibility index (Phi) is 8.37. The summed E-state index contributed by atoms with van der Waals surface area (Å²) in [6.07, 6.45) is 2.24. The molecule has 0 saturated heterocycles. The van der Waals surface area contributed by atoms with Crippen molar-refractivity contribution in [2.75, 3.05) is 11.9 Å². The van der Waals surface area contributed by atoms with Crippen molar-refractivity contribution in [1.29, 1.82) is 0 Å². The van der Waals surface area contributed by atoms with E-state index in [1.807, 2.05) is 0 Å². The van der Waals surface area contributed by atoms with Crippen molar-refractivity contribution in [3.05, 3.63) is 0 Å². The predicted molar refractivity (Wildman–Crippen MR) is 61.9 cm³/mol. The second kappa shape index (κ2) is 8.71. The number of hydrogen-bond acceptors (Lipinski definition) is 3. The van der Waals surface area contributed by atoms with Crippen molar-refractivity contribution < 1.29 is 14.3 Å². The van der Waals surface area contributed by atoms with Crippen LogP contribution in [-0.2, 0) is 14.3 Å². The SMILES string of the molecule is CCOC(=O)C(C)NC(=O)CCCCBr. The number of carbonyl (C=O) groups excluding carboxylic acids is 2. The summed E-state index contributed by atoms with van der Waals surface area (Å²) < 4.78 is 4.77. The van der Waals surface area contributed by atoms with E-state index in [1.54, 1.807) is 13.8 Å². The monoisotopic (exact) mass is 279 g/mol. The van der Waals surface area contributed by atoms with Crippen LogP contribution in [0.3, 0.4) is 0 Å². The molecule has 0 rings (SSSR count). The zero-order chi connectivity index (χ0) is 11.7. The zero-order valence-corrected chi connectivity index (χ0v) is 10.8. The highest BCUT2D eigenvalue weighted by atomic mass is 79.9. The Balaban J connectivity index is 3.70. The summed E-state index contributed by atoms with van der Waals surface area (Å²) in [6, 6.07) is -0.554. The minimum Gasteiger partial charge on any atom is -0.464 e. The molecule has 1 N–H and O–H groups in total. The number of esters is 1. The van der Waals surface area contributed by atoms with Gasteiger partial charge in [0.2, 0.25) is 5.91 Å². The van der Waals surface area contributed by atoms with Crippen molar-refractivity contribution >= 4 is 27.8 Å². The lowest BCUT2D eigenvalue weighted by molar-refractivity contribution is -0.146. The highest BCUT2D eigenvalue weighted by Crippen LogP contribution is 1.99. The number of amides is 1. The van der Waals surface area contributed by atoms with Gasteiger partial charge in [-0.1, -0.05) is 15.9 Å². The Morgan fingerprint density at radius 1 is 1.40 bits per heavy atom. The van der Waals surface area contributed by atoms with E-state index in [2.05, 4.69) is 21.2 Å². The Morgan fingerprint density at radius 3 is 2.60 bits per heavy atom. The fraction of sp³-hybridized carbons (Fsp3) is 0.800. The van der Waals surface area contributed by atoms with Gasteiger partial charge in [-0.3, -0.25) is 4.79 Å². The smallest absolute Gasteiger partial charge is 0.328 e. The summed E-state index contributed by atoms with van der Waals surface area (Å²) in [7, 11) is 0. The number of rotatable bonds is 7. The molecule has 1 atom stereocenters. The number of nitrogens with one attached hydrogen (secondary N) is 1. The normalized spacial score (nSPS) is 11.9. The molecule has 0 spiro atoms. The van der Waals surface area contributed by atoms with Gasteiger partial charge in [-0.2, -0.15) is 0 Å². The quantitative estimate of drug-likeness (QED) is 0.438. The van der Waals surface area contributed by atoms with Crippen LogP contribution in [0.15, 0.2) is 0 Å². The molecule has 0 aromatic heterocycles.